The molecule has 160 valence electrons. The molecule has 1 aromatic heterocycles. The van der Waals surface area contributed by atoms with Gasteiger partial charge in [-0.1, -0.05) is 30.3 Å². The van der Waals surface area contributed by atoms with E-state index in [0.717, 1.165) is 56.8 Å². The highest BCUT2D eigenvalue weighted by atomic mass is 16.2. The van der Waals surface area contributed by atoms with Crippen molar-refractivity contribution in [1.29, 1.82) is 0 Å². The summed E-state index contributed by atoms with van der Waals surface area (Å²) in [7, 11) is 2.11. The first kappa shape index (κ1) is 20.6. The zero-order valence-electron chi connectivity index (χ0n) is 17.9. The molecular weight excluding hydrogens is 378 g/mol. The van der Waals surface area contributed by atoms with E-state index < -0.39 is 0 Å². The van der Waals surface area contributed by atoms with Crippen molar-refractivity contribution >= 4 is 11.6 Å². The highest BCUT2D eigenvalue weighted by molar-refractivity contribution is 5.83. The number of aromatic nitrogens is 2. The maximum absolute atomic E-state index is 13.1. The minimum atomic E-state index is -0.186. The SMILES string of the molecule is C[C@H](C(=O)N1CCCC(n2ncc(N3CCN(C)CC3)cc2=O)C1)c1ccccc1. The van der Waals surface area contributed by atoms with Crippen LogP contribution in [0, 0.1) is 0 Å². The Labute approximate surface area is 177 Å². The molecule has 0 bridgehead atoms. The lowest BCUT2D eigenvalue weighted by Crippen LogP contribution is -2.46. The van der Waals surface area contributed by atoms with Gasteiger partial charge in [-0.15, -0.1) is 0 Å². The molecule has 2 fully saturated rings. The molecular formula is C23H31N5O2. The molecule has 0 aliphatic carbocycles. The molecule has 1 amide bonds. The van der Waals surface area contributed by atoms with Crippen molar-refractivity contribution in [1.82, 2.24) is 19.6 Å². The highest BCUT2D eigenvalue weighted by Crippen LogP contribution is 2.25. The van der Waals surface area contributed by atoms with Crippen LogP contribution in [0.15, 0.2) is 47.4 Å². The first-order valence-corrected chi connectivity index (χ1v) is 10.9. The highest BCUT2D eigenvalue weighted by Gasteiger charge is 2.29. The lowest BCUT2D eigenvalue weighted by Gasteiger charge is -2.35. The van der Waals surface area contributed by atoms with Gasteiger partial charge < -0.3 is 14.7 Å². The number of carbonyl (C=O) groups is 1. The van der Waals surface area contributed by atoms with Crippen molar-refractivity contribution in [3.05, 3.63) is 58.5 Å². The van der Waals surface area contributed by atoms with Gasteiger partial charge in [0, 0.05) is 45.3 Å². The molecule has 4 rings (SSSR count). The third kappa shape index (κ3) is 4.41. The molecule has 2 aromatic rings. The zero-order chi connectivity index (χ0) is 21.1. The van der Waals surface area contributed by atoms with Crippen molar-refractivity contribution in [2.24, 2.45) is 0 Å². The smallest absolute Gasteiger partial charge is 0.269 e. The predicted octanol–water partition coefficient (Wildman–Crippen LogP) is 1.96. The number of rotatable bonds is 4. The molecule has 2 aliphatic rings. The Morgan fingerprint density at radius 3 is 2.53 bits per heavy atom. The van der Waals surface area contributed by atoms with E-state index in [9.17, 15) is 9.59 Å². The van der Waals surface area contributed by atoms with E-state index in [2.05, 4.69) is 21.9 Å². The van der Waals surface area contributed by atoms with E-state index in [1.54, 1.807) is 16.9 Å². The molecule has 2 saturated heterocycles. The first-order valence-electron chi connectivity index (χ1n) is 10.9. The van der Waals surface area contributed by atoms with E-state index in [1.807, 2.05) is 42.2 Å². The van der Waals surface area contributed by atoms with Crippen LogP contribution in [-0.4, -0.2) is 71.8 Å². The molecule has 0 N–H and O–H groups in total. The Balaban J connectivity index is 1.45. The van der Waals surface area contributed by atoms with Crippen LogP contribution in [-0.2, 0) is 4.79 Å². The zero-order valence-corrected chi connectivity index (χ0v) is 17.9. The molecule has 0 saturated carbocycles. The molecule has 3 heterocycles. The van der Waals surface area contributed by atoms with Crippen molar-refractivity contribution in [3.8, 4) is 0 Å². The Bertz CT molecular complexity index is 921. The summed E-state index contributed by atoms with van der Waals surface area (Å²) in [6.45, 7) is 7.02. The van der Waals surface area contributed by atoms with E-state index in [0.29, 0.717) is 6.54 Å². The number of amides is 1. The molecule has 1 aromatic carbocycles. The third-order valence-corrected chi connectivity index (χ3v) is 6.40. The van der Waals surface area contributed by atoms with Crippen LogP contribution in [0.4, 0.5) is 5.69 Å². The van der Waals surface area contributed by atoms with Crippen LogP contribution in [0.1, 0.15) is 37.3 Å². The summed E-state index contributed by atoms with van der Waals surface area (Å²) in [6.07, 6.45) is 3.55. The number of nitrogens with zero attached hydrogens (tertiary/aromatic N) is 5. The summed E-state index contributed by atoms with van der Waals surface area (Å²) in [5, 5.41) is 4.50. The van der Waals surface area contributed by atoms with Crippen molar-refractivity contribution in [2.75, 3.05) is 51.2 Å². The Morgan fingerprint density at radius 1 is 1.10 bits per heavy atom. The van der Waals surface area contributed by atoms with Gasteiger partial charge in [-0.2, -0.15) is 5.10 Å². The van der Waals surface area contributed by atoms with Gasteiger partial charge in [0.15, 0.2) is 0 Å². The van der Waals surface area contributed by atoms with Gasteiger partial charge in [0.25, 0.3) is 5.56 Å². The van der Waals surface area contributed by atoms with Crippen LogP contribution in [0.2, 0.25) is 0 Å². The molecule has 7 nitrogen and oxygen atoms in total. The number of piperazine rings is 1. The standard InChI is InChI=1S/C23H31N5O2/c1-18(19-7-4-3-5-8-19)23(30)27-10-6-9-20(17-27)28-22(29)15-21(16-24-28)26-13-11-25(2)12-14-26/h3-5,7-8,15-16,18,20H,6,9-14,17H2,1-2H3/t18-,20?/m0/s1. The Kier molecular flexibility index (Phi) is 6.18. The van der Waals surface area contributed by atoms with Crippen LogP contribution in [0.3, 0.4) is 0 Å². The fourth-order valence-electron chi connectivity index (χ4n) is 4.43. The minimum absolute atomic E-state index is 0.0697. The van der Waals surface area contributed by atoms with Gasteiger partial charge >= 0.3 is 0 Å². The molecule has 2 aliphatic heterocycles. The molecule has 30 heavy (non-hydrogen) atoms. The van der Waals surface area contributed by atoms with E-state index in [4.69, 9.17) is 0 Å². The van der Waals surface area contributed by atoms with Gasteiger partial charge in [-0.25, -0.2) is 4.68 Å². The van der Waals surface area contributed by atoms with Crippen LogP contribution in [0.25, 0.3) is 0 Å². The first-order chi connectivity index (χ1) is 14.5. The summed E-state index contributed by atoms with van der Waals surface area (Å²) < 4.78 is 1.58. The van der Waals surface area contributed by atoms with Gasteiger partial charge in [-0.05, 0) is 32.4 Å². The summed E-state index contributed by atoms with van der Waals surface area (Å²) in [5.74, 6) is -0.0674. The molecule has 0 spiro atoms. The largest absolute Gasteiger partial charge is 0.368 e. The summed E-state index contributed by atoms with van der Waals surface area (Å²) in [5.41, 5.74) is 1.84. The van der Waals surface area contributed by atoms with Gasteiger partial charge in [0.05, 0.1) is 23.8 Å². The number of anilines is 1. The van der Waals surface area contributed by atoms with Crippen molar-refractivity contribution in [2.45, 2.75) is 31.7 Å². The number of hydrogen-bond donors (Lipinski definition) is 0. The van der Waals surface area contributed by atoms with Gasteiger partial charge in [-0.3, -0.25) is 9.59 Å². The second-order valence-corrected chi connectivity index (χ2v) is 8.50. The Morgan fingerprint density at radius 2 is 1.83 bits per heavy atom. The lowest BCUT2D eigenvalue weighted by atomic mass is 9.97. The maximum atomic E-state index is 13.1. The van der Waals surface area contributed by atoms with Crippen molar-refractivity contribution in [3.63, 3.8) is 0 Å². The van der Waals surface area contributed by atoms with E-state index in [-0.39, 0.29) is 23.4 Å². The van der Waals surface area contributed by atoms with E-state index >= 15 is 0 Å². The quantitative estimate of drug-likeness (QED) is 0.773. The minimum Gasteiger partial charge on any atom is -0.368 e. The molecule has 7 heteroatoms. The third-order valence-electron chi connectivity index (χ3n) is 6.40. The average molecular weight is 410 g/mol. The molecule has 0 radical (unpaired) electrons. The fraction of sp³-hybridized carbons (Fsp3) is 0.522. The summed E-state index contributed by atoms with van der Waals surface area (Å²) in [4.78, 5) is 32.3. The predicted molar refractivity (Wildman–Crippen MR) is 118 cm³/mol. The number of likely N-dealkylation sites (N-methyl/N-ethyl adjacent to an activating group) is 1. The topological polar surface area (TPSA) is 61.7 Å². The monoisotopic (exact) mass is 409 g/mol. The Hall–Kier alpha value is -2.67. The second kappa shape index (κ2) is 9.00. The van der Waals surface area contributed by atoms with Crippen LogP contribution >= 0.6 is 0 Å². The van der Waals surface area contributed by atoms with Gasteiger partial charge in [0.1, 0.15) is 0 Å². The lowest BCUT2D eigenvalue weighted by molar-refractivity contribution is -0.134. The summed E-state index contributed by atoms with van der Waals surface area (Å²) >= 11 is 0. The van der Waals surface area contributed by atoms with Gasteiger partial charge in [0.2, 0.25) is 5.91 Å². The number of benzene rings is 1. The van der Waals surface area contributed by atoms with Crippen molar-refractivity contribution < 1.29 is 4.79 Å². The van der Waals surface area contributed by atoms with Crippen LogP contribution in [0.5, 0.6) is 0 Å². The normalized spacial score (nSPS) is 21.5. The van der Waals surface area contributed by atoms with Crippen LogP contribution < -0.4 is 10.5 Å². The summed E-state index contributed by atoms with van der Waals surface area (Å²) in [6, 6.07) is 11.5. The fourth-order valence-corrected chi connectivity index (χ4v) is 4.43. The number of piperidine rings is 1. The number of hydrogen-bond acceptors (Lipinski definition) is 5. The molecule has 2 atom stereocenters. The maximum Gasteiger partial charge on any atom is 0.269 e. The number of likely N-dealkylation sites (tertiary alicyclic amines) is 1. The van der Waals surface area contributed by atoms with E-state index in [1.165, 1.54) is 0 Å². The number of carbonyl (C=O) groups excluding carboxylic acids is 1. The second-order valence-electron chi connectivity index (χ2n) is 8.50. The average Bonchev–Trinajstić information content (AvgIpc) is 2.79. The molecule has 1 unspecified atom stereocenters.